The Labute approximate surface area is 160 Å². The van der Waals surface area contributed by atoms with Gasteiger partial charge in [-0.2, -0.15) is 0 Å². The molecule has 2 heterocycles. The number of rotatable bonds is 3. The molecule has 0 saturated carbocycles. The minimum absolute atomic E-state index is 0.0780. The summed E-state index contributed by atoms with van der Waals surface area (Å²) in [6.07, 6.45) is 4.84. The van der Waals surface area contributed by atoms with E-state index in [0.717, 1.165) is 56.4 Å². The highest BCUT2D eigenvalue weighted by Gasteiger charge is 2.29. The Hall–Kier alpha value is -2.34. The molecule has 6 heteroatoms. The monoisotopic (exact) mass is 384 g/mol. The van der Waals surface area contributed by atoms with Crippen LogP contribution in [0.5, 0.6) is 0 Å². The van der Waals surface area contributed by atoms with Crippen molar-refractivity contribution >= 4 is 21.6 Å². The number of nitrogens with zero attached hydrogens (tertiary/aromatic N) is 2. The first-order valence-electron chi connectivity index (χ1n) is 9.57. The normalized spacial score (nSPS) is 17.5. The lowest BCUT2D eigenvalue weighted by Crippen LogP contribution is -2.36. The Balaban J connectivity index is 1.66. The second-order valence-electron chi connectivity index (χ2n) is 7.19. The van der Waals surface area contributed by atoms with Crippen molar-refractivity contribution in [2.45, 2.75) is 37.0 Å². The van der Waals surface area contributed by atoms with Crippen LogP contribution in [0.1, 0.15) is 41.6 Å². The van der Waals surface area contributed by atoms with E-state index in [1.165, 1.54) is 10.4 Å². The molecule has 2 aliphatic rings. The molecule has 2 aliphatic heterocycles. The Bertz CT molecular complexity index is 949. The van der Waals surface area contributed by atoms with Crippen molar-refractivity contribution in [2.75, 3.05) is 23.9 Å². The third kappa shape index (κ3) is 3.46. The molecule has 1 saturated heterocycles. The van der Waals surface area contributed by atoms with E-state index >= 15 is 0 Å². The van der Waals surface area contributed by atoms with Gasteiger partial charge in [0.25, 0.3) is 15.9 Å². The number of hydrogen-bond donors (Lipinski definition) is 0. The molecule has 2 aromatic carbocycles. The van der Waals surface area contributed by atoms with Gasteiger partial charge in [-0.3, -0.25) is 9.10 Å². The van der Waals surface area contributed by atoms with Gasteiger partial charge in [-0.15, -0.1) is 0 Å². The summed E-state index contributed by atoms with van der Waals surface area (Å²) in [6.45, 7) is 1.95. The molecule has 0 atom stereocenters. The maximum atomic E-state index is 13.3. The first-order chi connectivity index (χ1) is 13.1. The highest BCUT2D eigenvalue weighted by atomic mass is 32.2. The summed E-state index contributed by atoms with van der Waals surface area (Å²) >= 11 is 0. The molecular weight excluding hydrogens is 360 g/mol. The van der Waals surface area contributed by atoms with Crippen LogP contribution >= 0.6 is 0 Å². The van der Waals surface area contributed by atoms with Gasteiger partial charge in [-0.1, -0.05) is 24.3 Å². The molecule has 1 fully saturated rings. The molecule has 5 nitrogen and oxygen atoms in total. The summed E-state index contributed by atoms with van der Waals surface area (Å²) in [5, 5.41) is 0. The van der Waals surface area contributed by atoms with Crippen LogP contribution in [-0.2, 0) is 16.4 Å². The molecule has 27 heavy (non-hydrogen) atoms. The SMILES string of the molecule is O=C(c1cccc(S(=O)(=O)N2CCCc3ccccc32)c1)N1CCCCC1. The van der Waals surface area contributed by atoms with Crippen LogP contribution < -0.4 is 4.31 Å². The van der Waals surface area contributed by atoms with Crippen molar-refractivity contribution in [1.82, 2.24) is 4.90 Å². The van der Waals surface area contributed by atoms with E-state index < -0.39 is 10.0 Å². The third-order valence-corrected chi connectivity index (χ3v) is 7.19. The van der Waals surface area contributed by atoms with Gasteiger partial charge >= 0.3 is 0 Å². The summed E-state index contributed by atoms with van der Waals surface area (Å²) in [6, 6.07) is 14.1. The first kappa shape index (κ1) is 18.0. The predicted octanol–water partition coefficient (Wildman–Crippen LogP) is 3.45. The molecule has 142 valence electrons. The van der Waals surface area contributed by atoms with Crippen molar-refractivity contribution in [3.05, 3.63) is 59.7 Å². The lowest BCUT2D eigenvalue weighted by Gasteiger charge is -2.30. The number of benzene rings is 2. The van der Waals surface area contributed by atoms with Crippen molar-refractivity contribution in [2.24, 2.45) is 0 Å². The van der Waals surface area contributed by atoms with Crippen LogP contribution in [-0.4, -0.2) is 38.9 Å². The second kappa shape index (κ2) is 7.35. The number of hydrogen-bond acceptors (Lipinski definition) is 3. The zero-order chi connectivity index (χ0) is 18.9. The van der Waals surface area contributed by atoms with Gasteiger partial charge in [-0.05, 0) is 61.9 Å². The van der Waals surface area contributed by atoms with Gasteiger partial charge < -0.3 is 4.90 Å². The van der Waals surface area contributed by atoms with Crippen LogP contribution in [0.15, 0.2) is 53.4 Å². The average Bonchev–Trinajstić information content (AvgIpc) is 2.73. The van der Waals surface area contributed by atoms with E-state index in [4.69, 9.17) is 0 Å². The molecule has 0 N–H and O–H groups in total. The van der Waals surface area contributed by atoms with Gasteiger partial charge in [0.15, 0.2) is 0 Å². The number of sulfonamides is 1. The van der Waals surface area contributed by atoms with E-state index in [9.17, 15) is 13.2 Å². The van der Waals surface area contributed by atoms with Crippen molar-refractivity contribution in [3.8, 4) is 0 Å². The number of carbonyl (C=O) groups is 1. The first-order valence-corrected chi connectivity index (χ1v) is 11.0. The molecular formula is C21H24N2O3S. The van der Waals surface area contributed by atoms with E-state index in [1.54, 1.807) is 18.2 Å². The fourth-order valence-corrected chi connectivity index (χ4v) is 5.53. The summed E-state index contributed by atoms with van der Waals surface area (Å²) in [7, 11) is -3.70. The van der Waals surface area contributed by atoms with E-state index in [-0.39, 0.29) is 10.8 Å². The molecule has 0 unspecified atom stereocenters. The fourth-order valence-electron chi connectivity index (χ4n) is 3.95. The highest BCUT2D eigenvalue weighted by molar-refractivity contribution is 7.92. The van der Waals surface area contributed by atoms with E-state index in [0.29, 0.717) is 12.1 Å². The number of anilines is 1. The van der Waals surface area contributed by atoms with Crippen molar-refractivity contribution in [1.29, 1.82) is 0 Å². The standard InChI is InChI=1S/C21H24N2O3S/c24-21(22-13-4-1-5-14-22)18-9-6-11-19(16-18)27(25,26)23-15-7-10-17-8-2-3-12-20(17)23/h2-3,6,8-9,11-12,16H,1,4-5,7,10,13-15H2. The summed E-state index contributed by atoms with van der Waals surface area (Å²) in [4.78, 5) is 14.8. The maximum Gasteiger partial charge on any atom is 0.264 e. The molecule has 4 rings (SSSR count). The van der Waals surface area contributed by atoms with Gasteiger partial charge in [0, 0.05) is 25.2 Å². The maximum absolute atomic E-state index is 13.3. The molecule has 0 radical (unpaired) electrons. The molecule has 2 aromatic rings. The van der Waals surface area contributed by atoms with Gasteiger partial charge in [0.1, 0.15) is 0 Å². The zero-order valence-electron chi connectivity index (χ0n) is 15.3. The minimum atomic E-state index is -3.70. The van der Waals surface area contributed by atoms with Crippen LogP contribution in [0.2, 0.25) is 0 Å². The molecule has 0 aromatic heterocycles. The second-order valence-corrected chi connectivity index (χ2v) is 9.05. The number of piperidine rings is 1. The fraction of sp³-hybridized carbons (Fsp3) is 0.381. The summed E-state index contributed by atoms with van der Waals surface area (Å²) < 4.78 is 28.1. The third-order valence-electron chi connectivity index (χ3n) is 5.38. The largest absolute Gasteiger partial charge is 0.339 e. The number of fused-ring (bicyclic) bond motifs is 1. The topological polar surface area (TPSA) is 57.7 Å². The lowest BCUT2D eigenvalue weighted by atomic mass is 10.0. The van der Waals surface area contributed by atoms with Gasteiger partial charge in [0.05, 0.1) is 10.6 Å². The van der Waals surface area contributed by atoms with Crippen LogP contribution in [0.25, 0.3) is 0 Å². The Morgan fingerprint density at radius 1 is 0.852 bits per heavy atom. The number of amides is 1. The molecule has 0 aliphatic carbocycles. The smallest absolute Gasteiger partial charge is 0.264 e. The van der Waals surface area contributed by atoms with E-state index in [2.05, 4.69) is 0 Å². The number of para-hydroxylation sites is 1. The Morgan fingerprint density at radius 3 is 2.44 bits per heavy atom. The summed E-state index contributed by atoms with van der Waals surface area (Å²) in [5.41, 5.74) is 2.24. The molecule has 0 spiro atoms. The van der Waals surface area contributed by atoms with Gasteiger partial charge in [-0.25, -0.2) is 8.42 Å². The minimum Gasteiger partial charge on any atom is -0.339 e. The lowest BCUT2D eigenvalue weighted by molar-refractivity contribution is 0.0724. The van der Waals surface area contributed by atoms with Crippen molar-refractivity contribution < 1.29 is 13.2 Å². The Morgan fingerprint density at radius 2 is 1.63 bits per heavy atom. The number of carbonyl (C=O) groups excluding carboxylic acids is 1. The summed E-state index contributed by atoms with van der Waals surface area (Å²) in [5.74, 6) is -0.0780. The zero-order valence-corrected chi connectivity index (χ0v) is 16.1. The Kier molecular flexibility index (Phi) is 4.91. The number of aryl methyl sites for hydroxylation is 1. The quantitative estimate of drug-likeness (QED) is 0.814. The predicted molar refractivity (Wildman–Crippen MR) is 105 cm³/mol. The van der Waals surface area contributed by atoms with Crippen LogP contribution in [0.3, 0.4) is 0 Å². The molecule has 1 amide bonds. The van der Waals surface area contributed by atoms with Crippen LogP contribution in [0.4, 0.5) is 5.69 Å². The average molecular weight is 385 g/mol. The van der Waals surface area contributed by atoms with E-state index in [1.807, 2.05) is 29.2 Å². The van der Waals surface area contributed by atoms with Crippen LogP contribution in [0, 0.1) is 0 Å². The number of likely N-dealkylation sites (tertiary alicyclic amines) is 1. The highest BCUT2D eigenvalue weighted by Crippen LogP contribution is 2.32. The van der Waals surface area contributed by atoms with Crippen molar-refractivity contribution in [3.63, 3.8) is 0 Å². The van der Waals surface area contributed by atoms with Gasteiger partial charge in [0.2, 0.25) is 0 Å². The molecule has 0 bridgehead atoms.